The van der Waals surface area contributed by atoms with Crippen LogP contribution in [-0.4, -0.2) is 40.4 Å². The molecule has 0 aliphatic carbocycles. The lowest BCUT2D eigenvalue weighted by Gasteiger charge is -2.31. The fourth-order valence-electron chi connectivity index (χ4n) is 3.82. The van der Waals surface area contributed by atoms with Crippen LogP contribution in [0.25, 0.3) is 0 Å². The Morgan fingerprint density at radius 2 is 2.00 bits per heavy atom. The molecule has 0 saturated carbocycles. The number of carbonyl (C=O) groups excluding carboxylic acids is 1. The molecule has 130 valence electrons. The summed E-state index contributed by atoms with van der Waals surface area (Å²) in [6.07, 6.45) is 5.03. The predicted octanol–water partition coefficient (Wildman–Crippen LogP) is 2.91. The molecule has 0 N–H and O–H groups in total. The molecule has 1 atom stereocenters. The van der Waals surface area contributed by atoms with Gasteiger partial charge in [-0.05, 0) is 42.4 Å². The number of hydrogen-bond donors (Lipinski definition) is 0. The van der Waals surface area contributed by atoms with Crippen molar-refractivity contribution in [1.29, 1.82) is 0 Å². The Balaban J connectivity index is 1.52. The summed E-state index contributed by atoms with van der Waals surface area (Å²) >= 11 is 0. The molecule has 5 heteroatoms. The fourth-order valence-corrected chi connectivity index (χ4v) is 3.82. The van der Waals surface area contributed by atoms with E-state index in [2.05, 4.69) is 40.0 Å². The van der Waals surface area contributed by atoms with Crippen LogP contribution >= 0.6 is 0 Å². The summed E-state index contributed by atoms with van der Waals surface area (Å²) in [5, 5.41) is 0. The van der Waals surface area contributed by atoms with Gasteiger partial charge in [0.15, 0.2) is 0 Å². The highest BCUT2D eigenvalue weighted by Gasteiger charge is 2.24. The number of fused-ring (bicyclic) bond motifs is 1. The summed E-state index contributed by atoms with van der Waals surface area (Å²) < 4.78 is 0. The first kappa shape index (κ1) is 16.1. The fraction of sp³-hybridized carbons (Fsp3) is 0.450. The number of aromatic nitrogens is 2. The standard InChI is InChI=1S/C20H24N4O/c1-15-5-4-11-24(13-15)20-21-10-8-18(22-20)19(25)23-12-9-16-6-2-3-7-17(16)14-23/h2-3,6-8,10,15H,4-5,9,11-14H2,1H3. The Hall–Kier alpha value is -2.43. The zero-order valence-corrected chi connectivity index (χ0v) is 14.7. The molecule has 2 aliphatic rings. The number of rotatable bonds is 2. The molecule has 1 saturated heterocycles. The molecule has 25 heavy (non-hydrogen) atoms. The molecule has 4 rings (SSSR count). The lowest BCUT2D eigenvalue weighted by atomic mass is 10.00. The number of piperidine rings is 1. The minimum Gasteiger partial charge on any atom is -0.341 e. The topological polar surface area (TPSA) is 49.3 Å². The quantitative estimate of drug-likeness (QED) is 0.846. The van der Waals surface area contributed by atoms with Gasteiger partial charge in [-0.2, -0.15) is 0 Å². The molecule has 2 aliphatic heterocycles. The number of nitrogens with zero attached hydrogens (tertiary/aromatic N) is 4. The van der Waals surface area contributed by atoms with E-state index in [1.54, 1.807) is 12.3 Å². The van der Waals surface area contributed by atoms with Gasteiger partial charge in [-0.3, -0.25) is 4.79 Å². The van der Waals surface area contributed by atoms with Crippen molar-refractivity contribution in [1.82, 2.24) is 14.9 Å². The molecule has 5 nitrogen and oxygen atoms in total. The number of carbonyl (C=O) groups is 1. The van der Waals surface area contributed by atoms with Crippen LogP contribution < -0.4 is 4.90 Å². The van der Waals surface area contributed by atoms with Crippen LogP contribution in [0.4, 0.5) is 5.95 Å². The number of anilines is 1. The van der Waals surface area contributed by atoms with Gasteiger partial charge in [0, 0.05) is 32.4 Å². The predicted molar refractivity (Wildman–Crippen MR) is 97.5 cm³/mol. The maximum Gasteiger partial charge on any atom is 0.272 e. The van der Waals surface area contributed by atoms with Crippen LogP contribution in [0, 0.1) is 5.92 Å². The summed E-state index contributed by atoms with van der Waals surface area (Å²) in [6.45, 7) is 5.60. The smallest absolute Gasteiger partial charge is 0.272 e. The van der Waals surface area contributed by atoms with E-state index in [4.69, 9.17) is 0 Å². The van der Waals surface area contributed by atoms with E-state index in [0.717, 1.165) is 32.5 Å². The van der Waals surface area contributed by atoms with Gasteiger partial charge in [-0.1, -0.05) is 31.2 Å². The van der Waals surface area contributed by atoms with Gasteiger partial charge >= 0.3 is 0 Å². The van der Waals surface area contributed by atoms with Gasteiger partial charge in [-0.15, -0.1) is 0 Å². The molecule has 0 spiro atoms. The molecule has 0 radical (unpaired) electrons. The Labute approximate surface area is 148 Å². The van der Waals surface area contributed by atoms with Gasteiger partial charge in [0.2, 0.25) is 5.95 Å². The van der Waals surface area contributed by atoms with Crippen molar-refractivity contribution in [3.63, 3.8) is 0 Å². The average molecular weight is 336 g/mol. The van der Waals surface area contributed by atoms with Crippen molar-refractivity contribution >= 4 is 11.9 Å². The maximum atomic E-state index is 12.9. The summed E-state index contributed by atoms with van der Waals surface area (Å²) in [5.74, 6) is 1.34. The highest BCUT2D eigenvalue weighted by Crippen LogP contribution is 2.22. The van der Waals surface area contributed by atoms with E-state index in [-0.39, 0.29) is 5.91 Å². The van der Waals surface area contributed by atoms with E-state index in [0.29, 0.717) is 24.1 Å². The van der Waals surface area contributed by atoms with E-state index >= 15 is 0 Å². The highest BCUT2D eigenvalue weighted by atomic mass is 16.2. The molecule has 0 bridgehead atoms. The van der Waals surface area contributed by atoms with E-state index in [1.807, 2.05) is 11.0 Å². The van der Waals surface area contributed by atoms with Crippen LogP contribution in [0.1, 0.15) is 41.4 Å². The molecule has 1 amide bonds. The molecular weight excluding hydrogens is 312 g/mol. The molecule has 1 unspecified atom stereocenters. The zero-order valence-electron chi connectivity index (χ0n) is 14.7. The molecule has 3 heterocycles. The van der Waals surface area contributed by atoms with Gasteiger partial charge in [0.25, 0.3) is 5.91 Å². The SMILES string of the molecule is CC1CCCN(c2nccc(C(=O)N3CCc4ccccc4C3)n2)C1. The summed E-state index contributed by atoms with van der Waals surface area (Å²) in [6, 6.07) is 10.1. The first-order chi connectivity index (χ1) is 12.2. The largest absolute Gasteiger partial charge is 0.341 e. The molecule has 1 fully saturated rings. The number of benzene rings is 1. The summed E-state index contributed by atoms with van der Waals surface area (Å²) in [4.78, 5) is 26.0. The van der Waals surface area contributed by atoms with Crippen molar-refractivity contribution in [3.05, 3.63) is 53.3 Å². The monoisotopic (exact) mass is 336 g/mol. The van der Waals surface area contributed by atoms with Gasteiger partial charge in [-0.25, -0.2) is 9.97 Å². The zero-order chi connectivity index (χ0) is 17.2. The first-order valence-corrected chi connectivity index (χ1v) is 9.15. The summed E-state index contributed by atoms with van der Waals surface area (Å²) in [5.41, 5.74) is 3.08. The van der Waals surface area contributed by atoms with Crippen molar-refractivity contribution in [3.8, 4) is 0 Å². The first-order valence-electron chi connectivity index (χ1n) is 9.15. The summed E-state index contributed by atoms with van der Waals surface area (Å²) in [7, 11) is 0. The van der Waals surface area contributed by atoms with Crippen LogP contribution in [0.2, 0.25) is 0 Å². The minimum absolute atomic E-state index is 0.00297. The van der Waals surface area contributed by atoms with E-state index < -0.39 is 0 Å². The second kappa shape index (κ2) is 6.82. The van der Waals surface area contributed by atoms with Crippen molar-refractivity contribution in [2.45, 2.75) is 32.7 Å². The maximum absolute atomic E-state index is 12.9. The normalized spacial score (nSPS) is 20.3. The van der Waals surface area contributed by atoms with Crippen molar-refractivity contribution in [2.75, 3.05) is 24.5 Å². The Kier molecular flexibility index (Phi) is 4.38. The molecular formula is C20H24N4O. The van der Waals surface area contributed by atoms with Crippen molar-refractivity contribution in [2.24, 2.45) is 5.92 Å². The second-order valence-electron chi connectivity index (χ2n) is 7.18. The average Bonchev–Trinajstić information content (AvgIpc) is 2.67. The Morgan fingerprint density at radius 1 is 1.16 bits per heavy atom. The third kappa shape index (κ3) is 3.36. The Bertz CT molecular complexity index is 776. The second-order valence-corrected chi connectivity index (χ2v) is 7.18. The van der Waals surface area contributed by atoms with E-state index in [9.17, 15) is 4.79 Å². The van der Waals surface area contributed by atoms with Crippen LogP contribution in [0.15, 0.2) is 36.5 Å². The number of hydrogen-bond acceptors (Lipinski definition) is 4. The van der Waals surface area contributed by atoms with Crippen molar-refractivity contribution < 1.29 is 4.79 Å². The molecule has 1 aromatic heterocycles. The third-order valence-electron chi connectivity index (χ3n) is 5.22. The molecule has 2 aromatic rings. The van der Waals surface area contributed by atoms with Gasteiger partial charge < -0.3 is 9.80 Å². The van der Waals surface area contributed by atoms with Crippen LogP contribution in [0.3, 0.4) is 0 Å². The number of amides is 1. The van der Waals surface area contributed by atoms with Crippen LogP contribution in [0.5, 0.6) is 0 Å². The lowest BCUT2D eigenvalue weighted by molar-refractivity contribution is 0.0728. The van der Waals surface area contributed by atoms with E-state index in [1.165, 1.54) is 17.5 Å². The van der Waals surface area contributed by atoms with Gasteiger partial charge in [0.1, 0.15) is 5.69 Å². The van der Waals surface area contributed by atoms with Gasteiger partial charge in [0.05, 0.1) is 0 Å². The third-order valence-corrected chi connectivity index (χ3v) is 5.22. The highest BCUT2D eigenvalue weighted by molar-refractivity contribution is 5.92. The lowest BCUT2D eigenvalue weighted by Crippen LogP contribution is -2.38. The Morgan fingerprint density at radius 3 is 2.84 bits per heavy atom. The minimum atomic E-state index is 0.00297. The molecule has 1 aromatic carbocycles. The van der Waals surface area contributed by atoms with Crippen LogP contribution in [-0.2, 0) is 13.0 Å².